The molecule has 4 saturated heterocycles. The number of carbonyl (C=O) groups excluding carboxylic acids is 2. The van der Waals surface area contributed by atoms with Crippen LogP contribution in [0.5, 0.6) is 0 Å². The summed E-state index contributed by atoms with van der Waals surface area (Å²) in [7, 11) is 4.38. The van der Waals surface area contributed by atoms with Crippen LogP contribution >= 0.6 is 0 Å². The molecule has 0 saturated carbocycles. The molecular formula is C24H44N6O2. The molecule has 8 heteroatoms. The molecule has 4 heterocycles. The predicted molar refractivity (Wildman–Crippen MR) is 126 cm³/mol. The highest BCUT2D eigenvalue weighted by atomic mass is 16.2. The maximum atomic E-state index is 12.9. The number of carbonyl (C=O) groups is 2. The van der Waals surface area contributed by atoms with E-state index in [1.165, 1.54) is 0 Å². The Morgan fingerprint density at radius 2 is 0.844 bits per heavy atom. The highest BCUT2D eigenvalue weighted by Crippen LogP contribution is 2.22. The van der Waals surface area contributed by atoms with Crippen LogP contribution in [-0.2, 0) is 9.59 Å². The van der Waals surface area contributed by atoms with Crippen LogP contribution in [0.4, 0.5) is 0 Å². The van der Waals surface area contributed by atoms with Crippen molar-refractivity contribution < 1.29 is 9.59 Å². The van der Waals surface area contributed by atoms with Gasteiger partial charge in [-0.05, 0) is 51.6 Å². The normalized spacial score (nSPS) is 26.6. The SMILES string of the molecule is CN1CCN(CC2CCN(C(=O)C(=O)N3CCC(CN4CCN(C)CC4)CC3)CC2)CC1. The standard InChI is InChI=1S/C24H44N6O2/c1-25-11-15-27(16-12-25)19-21-3-7-29(8-4-21)23(31)24(32)30-9-5-22(6-10-30)20-28-17-13-26(2)14-18-28/h21-22H,3-20H2,1-2H3. The van der Waals surface area contributed by atoms with Crippen LogP contribution < -0.4 is 0 Å². The Kier molecular flexibility index (Phi) is 8.43. The van der Waals surface area contributed by atoms with Gasteiger partial charge in [-0.25, -0.2) is 0 Å². The Balaban J connectivity index is 1.14. The minimum atomic E-state index is -0.263. The largest absolute Gasteiger partial charge is 0.334 e. The fourth-order valence-electron chi connectivity index (χ4n) is 5.70. The number of likely N-dealkylation sites (tertiary alicyclic amines) is 2. The van der Waals surface area contributed by atoms with Crippen molar-refractivity contribution in [2.45, 2.75) is 25.7 Å². The van der Waals surface area contributed by atoms with Crippen LogP contribution in [0.2, 0.25) is 0 Å². The van der Waals surface area contributed by atoms with Gasteiger partial charge in [0.15, 0.2) is 0 Å². The van der Waals surface area contributed by atoms with Gasteiger partial charge < -0.3 is 29.4 Å². The first-order valence-corrected chi connectivity index (χ1v) is 12.9. The first kappa shape index (κ1) is 23.9. The highest BCUT2D eigenvalue weighted by molar-refractivity contribution is 6.34. The van der Waals surface area contributed by atoms with E-state index in [0.29, 0.717) is 11.8 Å². The lowest BCUT2D eigenvalue weighted by atomic mass is 9.95. The van der Waals surface area contributed by atoms with Gasteiger partial charge in [-0.3, -0.25) is 9.59 Å². The number of amides is 2. The summed E-state index contributed by atoms with van der Waals surface area (Å²) in [6, 6.07) is 0. The van der Waals surface area contributed by atoms with E-state index in [0.717, 1.165) is 117 Å². The molecule has 4 aliphatic rings. The molecule has 4 rings (SSSR count). The second kappa shape index (κ2) is 11.3. The van der Waals surface area contributed by atoms with E-state index in [1.807, 2.05) is 9.80 Å². The first-order chi connectivity index (χ1) is 15.5. The summed E-state index contributed by atoms with van der Waals surface area (Å²) < 4.78 is 0. The smallest absolute Gasteiger partial charge is 0.312 e. The highest BCUT2D eigenvalue weighted by Gasteiger charge is 2.33. The molecule has 0 radical (unpaired) electrons. The minimum absolute atomic E-state index is 0.263. The average molecular weight is 449 g/mol. The van der Waals surface area contributed by atoms with E-state index in [4.69, 9.17) is 0 Å². The van der Waals surface area contributed by atoms with E-state index in [9.17, 15) is 9.59 Å². The molecule has 0 aromatic heterocycles. The number of nitrogens with zero attached hydrogens (tertiary/aromatic N) is 6. The molecule has 4 fully saturated rings. The predicted octanol–water partition coefficient (Wildman–Crippen LogP) is -0.0416. The fourth-order valence-corrected chi connectivity index (χ4v) is 5.70. The Hall–Kier alpha value is -1.22. The van der Waals surface area contributed by atoms with Gasteiger partial charge in [0.05, 0.1) is 0 Å². The van der Waals surface area contributed by atoms with Crippen LogP contribution in [0.3, 0.4) is 0 Å². The maximum Gasteiger partial charge on any atom is 0.312 e. The molecule has 0 N–H and O–H groups in total. The van der Waals surface area contributed by atoms with Crippen molar-refractivity contribution >= 4 is 11.8 Å². The van der Waals surface area contributed by atoms with Crippen molar-refractivity contribution in [1.29, 1.82) is 0 Å². The lowest BCUT2D eigenvalue weighted by molar-refractivity contribution is -0.153. The van der Waals surface area contributed by atoms with E-state index in [2.05, 4.69) is 33.7 Å². The monoisotopic (exact) mass is 448 g/mol. The van der Waals surface area contributed by atoms with Crippen LogP contribution in [0.25, 0.3) is 0 Å². The molecule has 4 aliphatic heterocycles. The Bertz CT molecular complexity index is 560. The minimum Gasteiger partial charge on any atom is -0.334 e. The molecule has 0 spiro atoms. The molecule has 2 amide bonds. The van der Waals surface area contributed by atoms with Crippen LogP contribution in [0.15, 0.2) is 0 Å². The Morgan fingerprint density at radius 1 is 0.531 bits per heavy atom. The van der Waals surface area contributed by atoms with Gasteiger partial charge in [0.25, 0.3) is 0 Å². The van der Waals surface area contributed by atoms with E-state index in [1.54, 1.807) is 0 Å². The van der Waals surface area contributed by atoms with Crippen LogP contribution in [0, 0.1) is 11.8 Å². The van der Waals surface area contributed by atoms with E-state index < -0.39 is 0 Å². The van der Waals surface area contributed by atoms with Crippen molar-refractivity contribution in [3.05, 3.63) is 0 Å². The van der Waals surface area contributed by atoms with Gasteiger partial charge in [0.2, 0.25) is 0 Å². The Labute approximate surface area is 194 Å². The topological polar surface area (TPSA) is 53.6 Å². The van der Waals surface area contributed by atoms with E-state index >= 15 is 0 Å². The summed E-state index contributed by atoms with van der Waals surface area (Å²) in [5.41, 5.74) is 0. The van der Waals surface area contributed by atoms with E-state index in [-0.39, 0.29) is 11.8 Å². The van der Waals surface area contributed by atoms with Crippen molar-refractivity contribution in [1.82, 2.24) is 29.4 Å². The fraction of sp³-hybridized carbons (Fsp3) is 0.917. The average Bonchev–Trinajstić information content (AvgIpc) is 2.82. The number of hydrogen-bond donors (Lipinski definition) is 0. The summed E-state index contributed by atoms with van der Waals surface area (Å²) in [5.74, 6) is 0.784. The second-order valence-electron chi connectivity index (χ2n) is 10.7. The molecule has 0 bridgehead atoms. The lowest BCUT2D eigenvalue weighted by Gasteiger charge is -2.39. The first-order valence-electron chi connectivity index (χ1n) is 12.9. The molecule has 0 atom stereocenters. The molecule has 32 heavy (non-hydrogen) atoms. The number of rotatable bonds is 4. The summed E-state index contributed by atoms with van der Waals surface area (Å²) in [6.07, 6.45) is 4.10. The molecule has 0 aromatic carbocycles. The zero-order chi connectivity index (χ0) is 22.5. The molecular weight excluding hydrogens is 404 g/mol. The quantitative estimate of drug-likeness (QED) is 0.563. The summed E-state index contributed by atoms with van der Waals surface area (Å²) >= 11 is 0. The molecule has 0 aliphatic carbocycles. The summed E-state index contributed by atoms with van der Waals surface area (Å²) in [6.45, 7) is 14.5. The molecule has 182 valence electrons. The van der Waals surface area contributed by atoms with Gasteiger partial charge in [0.1, 0.15) is 0 Å². The molecule has 8 nitrogen and oxygen atoms in total. The third kappa shape index (κ3) is 6.43. The van der Waals surface area contributed by atoms with Gasteiger partial charge in [-0.2, -0.15) is 0 Å². The van der Waals surface area contributed by atoms with Gasteiger partial charge in [0, 0.05) is 91.6 Å². The van der Waals surface area contributed by atoms with Crippen molar-refractivity contribution in [3.63, 3.8) is 0 Å². The van der Waals surface area contributed by atoms with Gasteiger partial charge in [-0.15, -0.1) is 0 Å². The zero-order valence-electron chi connectivity index (χ0n) is 20.4. The second-order valence-corrected chi connectivity index (χ2v) is 10.7. The van der Waals surface area contributed by atoms with Crippen molar-refractivity contribution in [3.8, 4) is 0 Å². The van der Waals surface area contributed by atoms with Crippen molar-refractivity contribution in [2.24, 2.45) is 11.8 Å². The number of hydrogen-bond acceptors (Lipinski definition) is 6. The summed E-state index contributed by atoms with van der Waals surface area (Å²) in [5, 5.41) is 0. The van der Waals surface area contributed by atoms with Gasteiger partial charge >= 0.3 is 11.8 Å². The lowest BCUT2D eigenvalue weighted by Crippen LogP contribution is -2.52. The third-order valence-corrected chi connectivity index (χ3v) is 8.21. The zero-order valence-corrected chi connectivity index (χ0v) is 20.4. The van der Waals surface area contributed by atoms with Crippen LogP contribution in [0.1, 0.15) is 25.7 Å². The molecule has 0 aromatic rings. The number of piperazine rings is 2. The number of piperidine rings is 2. The van der Waals surface area contributed by atoms with Gasteiger partial charge in [-0.1, -0.05) is 0 Å². The number of likely N-dealkylation sites (N-methyl/N-ethyl adjacent to an activating group) is 2. The third-order valence-electron chi connectivity index (χ3n) is 8.21. The summed E-state index contributed by atoms with van der Waals surface area (Å²) in [4.78, 5) is 39.3. The maximum absolute atomic E-state index is 12.9. The van der Waals surface area contributed by atoms with Crippen LogP contribution in [-0.4, -0.2) is 147 Å². The molecule has 0 unspecified atom stereocenters. The van der Waals surface area contributed by atoms with Crippen molar-refractivity contribution in [2.75, 3.05) is 106 Å². The Morgan fingerprint density at radius 3 is 1.16 bits per heavy atom.